The predicted molar refractivity (Wildman–Crippen MR) is 75.0 cm³/mol. The lowest BCUT2D eigenvalue weighted by molar-refractivity contribution is -0.123. The smallest absolute Gasteiger partial charge is 0.258 e. The third-order valence-electron chi connectivity index (χ3n) is 3.03. The number of carbonyl (C=O) groups is 1. The third-order valence-corrected chi connectivity index (χ3v) is 3.84. The average molecular weight is 351 g/mol. The summed E-state index contributed by atoms with van der Waals surface area (Å²) in [5.41, 5.74) is 0. The van der Waals surface area contributed by atoms with Gasteiger partial charge in [0.25, 0.3) is 5.91 Å². The standard InChI is InChI=1S/C13H14BrClFNO2/c14-10-5-8(15)6-11(16)13(10)19-7-12(18)17-9-3-1-2-4-9/h5-6,9H,1-4,7H2,(H,17,18). The van der Waals surface area contributed by atoms with Gasteiger partial charge in [-0.3, -0.25) is 4.79 Å². The van der Waals surface area contributed by atoms with E-state index in [0.29, 0.717) is 4.47 Å². The fraction of sp³-hybridized carbons (Fsp3) is 0.462. The van der Waals surface area contributed by atoms with Crippen LogP contribution in [0.1, 0.15) is 25.7 Å². The maximum absolute atomic E-state index is 13.6. The predicted octanol–water partition coefficient (Wildman–Crippen LogP) is 3.68. The molecule has 1 aliphatic carbocycles. The molecule has 2 rings (SSSR count). The van der Waals surface area contributed by atoms with Crippen LogP contribution in [0.3, 0.4) is 0 Å². The van der Waals surface area contributed by atoms with Crippen molar-refractivity contribution in [3.63, 3.8) is 0 Å². The van der Waals surface area contributed by atoms with E-state index < -0.39 is 5.82 Å². The molecule has 1 fully saturated rings. The van der Waals surface area contributed by atoms with Crippen molar-refractivity contribution in [2.75, 3.05) is 6.61 Å². The van der Waals surface area contributed by atoms with Gasteiger partial charge in [-0.1, -0.05) is 24.4 Å². The molecule has 0 aliphatic heterocycles. The topological polar surface area (TPSA) is 38.3 Å². The van der Waals surface area contributed by atoms with Crippen LogP contribution in [0.25, 0.3) is 0 Å². The van der Waals surface area contributed by atoms with E-state index in [2.05, 4.69) is 21.2 Å². The highest BCUT2D eigenvalue weighted by Crippen LogP contribution is 2.31. The normalized spacial score (nSPS) is 15.5. The minimum Gasteiger partial charge on any atom is -0.480 e. The van der Waals surface area contributed by atoms with Crippen molar-refractivity contribution >= 4 is 33.4 Å². The van der Waals surface area contributed by atoms with Gasteiger partial charge in [0, 0.05) is 11.1 Å². The second-order valence-electron chi connectivity index (χ2n) is 4.54. The molecule has 0 radical (unpaired) electrons. The van der Waals surface area contributed by atoms with E-state index in [4.69, 9.17) is 16.3 Å². The number of nitrogens with one attached hydrogen (secondary N) is 1. The minimum absolute atomic E-state index is 0.00553. The van der Waals surface area contributed by atoms with Gasteiger partial charge in [-0.05, 0) is 40.9 Å². The van der Waals surface area contributed by atoms with Gasteiger partial charge in [0.15, 0.2) is 18.2 Å². The fourth-order valence-corrected chi connectivity index (χ4v) is 3.03. The first-order chi connectivity index (χ1) is 9.06. The molecule has 6 heteroatoms. The maximum Gasteiger partial charge on any atom is 0.258 e. The number of halogens is 3. The molecular weight excluding hydrogens is 337 g/mol. The average Bonchev–Trinajstić information content (AvgIpc) is 2.80. The summed E-state index contributed by atoms with van der Waals surface area (Å²) >= 11 is 8.85. The van der Waals surface area contributed by atoms with Crippen LogP contribution in [-0.4, -0.2) is 18.6 Å². The first kappa shape index (κ1) is 14.6. The quantitative estimate of drug-likeness (QED) is 0.899. The van der Waals surface area contributed by atoms with Crippen LogP contribution < -0.4 is 10.1 Å². The van der Waals surface area contributed by atoms with Crippen LogP contribution in [0.5, 0.6) is 5.75 Å². The number of hydrogen-bond donors (Lipinski definition) is 1. The molecule has 0 aromatic heterocycles. The fourth-order valence-electron chi connectivity index (χ4n) is 2.14. The van der Waals surface area contributed by atoms with Crippen molar-refractivity contribution in [2.45, 2.75) is 31.7 Å². The monoisotopic (exact) mass is 349 g/mol. The van der Waals surface area contributed by atoms with E-state index >= 15 is 0 Å². The number of ether oxygens (including phenoxy) is 1. The van der Waals surface area contributed by atoms with Crippen LogP contribution in [-0.2, 0) is 4.79 Å². The number of carbonyl (C=O) groups excluding carboxylic acids is 1. The Balaban J connectivity index is 1.89. The Bertz CT molecular complexity index is 455. The zero-order chi connectivity index (χ0) is 13.8. The molecule has 3 nitrogen and oxygen atoms in total. The van der Waals surface area contributed by atoms with Crippen molar-refractivity contribution < 1.29 is 13.9 Å². The van der Waals surface area contributed by atoms with Gasteiger partial charge < -0.3 is 10.1 Å². The molecule has 0 spiro atoms. The van der Waals surface area contributed by atoms with E-state index in [0.717, 1.165) is 31.7 Å². The third kappa shape index (κ3) is 4.08. The summed E-state index contributed by atoms with van der Waals surface area (Å²) < 4.78 is 19.2. The Morgan fingerprint density at radius 1 is 1.47 bits per heavy atom. The summed E-state index contributed by atoms with van der Waals surface area (Å²) in [6.45, 7) is -0.201. The number of amides is 1. The van der Waals surface area contributed by atoms with Gasteiger partial charge in [-0.15, -0.1) is 0 Å². The Morgan fingerprint density at radius 3 is 2.79 bits per heavy atom. The summed E-state index contributed by atoms with van der Waals surface area (Å²) in [4.78, 5) is 11.7. The van der Waals surface area contributed by atoms with Crippen molar-refractivity contribution in [3.8, 4) is 5.75 Å². The molecule has 0 unspecified atom stereocenters. The second-order valence-corrected chi connectivity index (χ2v) is 5.83. The highest BCUT2D eigenvalue weighted by molar-refractivity contribution is 9.10. The van der Waals surface area contributed by atoms with Gasteiger partial charge in [-0.25, -0.2) is 4.39 Å². The van der Waals surface area contributed by atoms with Gasteiger partial charge in [0.05, 0.1) is 4.47 Å². The summed E-state index contributed by atoms with van der Waals surface area (Å²) in [5, 5.41) is 3.14. The molecule has 104 valence electrons. The van der Waals surface area contributed by atoms with Crippen LogP contribution in [0.15, 0.2) is 16.6 Å². The highest BCUT2D eigenvalue weighted by atomic mass is 79.9. The van der Waals surface area contributed by atoms with Crippen LogP contribution in [0.2, 0.25) is 5.02 Å². The van der Waals surface area contributed by atoms with Gasteiger partial charge in [0.2, 0.25) is 0 Å². The Kier molecular flexibility index (Phi) is 5.05. The lowest BCUT2D eigenvalue weighted by Crippen LogP contribution is -2.36. The molecule has 0 bridgehead atoms. The van der Waals surface area contributed by atoms with Crippen molar-refractivity contribution in [3.05, 3.63) is 27.4 Å². The van der Waals surface area contributed by atoms with Crippen LogP contribution in [0, 0.1) is 5.82 Å². The maximum atomic E-state index is 13.6. The first-order valence-electron chi connectivity index (χ1n) is 6.13. The van der Waals surface area contributed by atoms with Gasteiger partial charge in [0.1, 0.15) is 0 Å². The second kappa shape index (κ2) is 6.57. The Morgan fingerprint density at radius 2 is 2.16 bits per heavy atom. The van der Waals surface area contributed by atoms with Crippen molar-refractivity contribution in [2.24, 2.45) is 0 Å². The zero-order valence-electron chi connectivity index (χ0n) is 10.2. The van der Waals surface area contributed by atoms with Crippen molar-refractivity contribution in [1.82, 2.24) is 5.32 Å². The number of hydrogen-bond acceptors (Lipinski definition) is 2. The molecule has 19 heavy (non-hydrogen) atoms. The molecule has 1 amide bonds. The Hall–Kier alpha value is -0.810. The lowest BCUT2D eigenvalue weighted by Gasteiger charge is -2.13. The molecular formula is C13H14BrClFNO2. The molecule has 1 saturated carbocycles. The van der Waals surface area contributed by atoms with Gasteiger partial charge in [-0.2, -0.15) is 0 Å². The highest BCUT2D eigenvalue weighted by Gasteiger charge is 2.18. The summed E-state index contributed by atoms with van der Waals surface area (Å²) in [6.07, 6.45) is 4.29. The molecule has 1 aliphatic rings. The Labute approximate surface area is 124 Å². The minimum atomic E-state index is -0.590. The summed E-state index contributed by atoms with van der Waals surface area (Å²) in [6, 6.07) is 2.90. The molecule has 1 aromatic rings. The molecule has 0 saturated heterocycles. The van der Waals surface area contributed by atoms with E-state index in [-0.39, 0.29) is 29.3 Å². The van der Waals surface area contributed by atoms with Gasteiger partial charge >= 0.3 is 0 Å². The summed E-state index contributed by atoms with van der Waals surface area (Å²) in [7, 11) is 0. The molecule has 1 aromatic carbocycles. The van der Waals surface area contributed by atoms with E-state index in [1.807, 2.05) is 0 Å². The SMILES string of the molecule is O=C(COc1c(F)cc(Cl)cc1Br)NC1CCCC1. The molecule has 1 N–H and O–H groups in total. The molecule has 0 heterocycles. The van der Waals surface area contributed by atoms with E-state index in [1.54, 1.807) is 0 Å². The number of rotatable bonds is 4. The number of benzene rings is 1. The summed E-state index contributed by atoms with van der Waals surface area (Å²) in [5.74, 6) is -0.813. The van der Waals surface area contributed by atoms with Crippen molar-refractivity contribution in [1.29, 1.82) is 0 Å². The van der Waals surface area contributed by atoms with Crippen LogP contribution in [0.4, 0.5) is 4.39 Å². The first-order valence-corrected chi connectivity index (χ1v) is 7.30. The lowest BCUT2D eigenvalue weighted by atomic mass is 10.2. The molecule has 0 atom stereocenters. The van der Waals surface area contributed by atoms with Crippen LogP contribution >= 0.6 is 27.5 Å². The van der Waals surface area contributed by atoms with E-state index in [1.165, 1.54) is 6.07 Å². The van der Waals surface area contributed by atoms with E-state index in [9.17, 15) is 9.18 Å². The largest absolute Gasteiger partial charge is 0.480 e. The zero-order valence-corrected chi connectivity index (χ0v) is 12.6.